The molecule has 2 rings (SSSR count). The summed E-state index contributed by atoms with van der Waals surface area (Å²) < 4.78 is 38.4. The van der Waals surface area contributed by atoms with Crippen LogP contribution in [-0.2, 0) is 9.31 Å². The Kier molecular flexibility index (Phi) is 5.34. The molecule has 1 aromatic rings. The standard InChI is InChI=1S/C19H32BFO4Si/c1-17(2,3)26(9,10)23-15-12-13(11-14(21)16(15)22-8)20-24-18(4,5)19(6,7)25-20/h11-12H,1-10H3. The summed E-state index contributed by atoms with van der Waals surface area (Å²) in [5.41, 5.74) is -0.390. The van der Waals surface area contributed by atoms with Gasteiger partial charge in [0.1, 0.15) is 5.75 Å². The molecule has 1 fully saturated rings. The third kappa shape index (κ3) is 3.80. The van der Waals surface area contributed by atoms with Crippen LogP contribution < -0.4 is 14.6 Å². The Morgan fingerprint density at radius 2 is 1.54 bits per heavy atom. The summed E-state index contributed by atoms with van der Waals surface area (Å²) >= 11 is 0. The maximum atomic E-state index is 14.7. The topological polar surface area (TPSA) is 36.9 Å². The van der Waals surface area contributed by atoms with Gasteiger partial charge < -0.3 is 18.5 Å². The summed E-state index contributed by atoms with van der Waals surface area (Å²) in [6, 6.07) is 3.18. The quantitative estimate of drug-likeness (QED) is 0.718. The minimum absolute atomic E-state index is 0.0190. The summed E-state index contributed by atoms with van der Waals surface area (Å²) in [5.74, 6) is 0.0484. The van der Waals surface area contributed by atoms with Crippen LogP contribution in [0, 0.1) is 5.82 Å². The molecular weight excluding hydrogens is 350 g/mol. The molecule has 0 bridgehead atoms. The molecule has 1 aromatic carbocycles. The zero-order valence-corrected chi connectivity index (χ0v) is 18.7. The summed E-state index contributed by atoms with van der Waals surface area (Å²) in [5, 5.41) is -0.0190. The first-order valence-corrected chi connectivity index (χ1v) is 11.9. The molecule has 0 unspecified atom stereocenters. The molecule has 0 radical (unpaired) electrons. The molecule has 0 aliphatic carbocycles. The summed E-state index contributed by atoms with van der Waals surface area (Å²) in [6.07, 6.45) is 0. The van der Waals surface area contributed by atoms with Crippen molar-refractivity contribution in [2.45, 2.75) is 77.8 Å². The average molecular weight is 382 g/mol. The van der Waals surface area contributed by atoms with Crippen molar-refractivity contribution in [3.63, 3.8) is 0 Å². The van der Waals surface area contributed by atoms with Gasteiger partial charge in [-0.2, -0.15) is 0 Å². The van der Waals surface area contributed by atoms with Gasteiger partial charge in [-0.1, -0.05) is 20.8 Å². The van der Waals surface area contributed by atoms with Crippen LogP contribution in [0.2, 0.25) is 18.1 Å². The van der Waals surface area contributed by atoms with E-state index in [1.165, 1.54) is 13.2 Å². The van der Waals surface area contributed by atoms with E-state index in [-0.39, 0.29) is 10.8 Å². The second kappa shape index (κ2) is 6.53. The number of halogens is 1. The van der Waals surface area contributed by atoms with Crippen molar-refractivity contribution in [3.8, 4) is 11.5 Å². The molecule has 0 spiro atoms. The number of ether oxygens (including phenoxy) is 1. The van der Waals surface area contributed by atoms with Crippen LogP contribution in [0.25, 0.3) is 0 Å². The minimum atomic E-state index is -2.16. The SMILES string of the molecule is COc1c(F)cc(B2OC(C)(C)C(C)(C)O2)cc1O[Si](C)(C)C(C)(C)C. The first kappa shape index (κ1) is 21.3. The first-order chi connectivity index (χ1) is 11.6. The van der Waals surface area contributed by atoms with Gasteiger partial charge in [0.05, 0.1) is 18.3 Å². The monoisotopic (exact) mass is 382 g/mol. The van der Waals surface area contributed by atoms with E-state index < -0.39 is 32.5 Å². The largest absolute Gasteiger partial charge is 0.541 e. The van der Waals surface area contributed by atoms with Gasteiger partial charge in [0.15, 0.2) is 11.6 Å². The number of hydrogen-bond acceptors (Lipinski definition) is 4. The Hall–Kier alpha value is -1.05. The van der Waals surface area contributed by atoms with E-state index in [9.17, 15) is 4.39 Å². The molecule has 1 heterocycles. The molecule has 1 saturated heterocycles. The molecule has 1 aliphatic rings. The Morgan fingerprint density at radius 1 is 1.04 bits per heavy atom. The van der Waals surface area contributed by atoms with Gasteiger partial charge in [0.2, 0.25) is 0 Å². The highest BCUT2D eigenvalue weighted by Gasteiger charge is 2.52. The van der Waals surface area contributed by atoms with E-state index in [0.29, 0.717) is 11.2 Å². The first-order valence-electron chi connectivity index (χ1n) is 9.03. The van der Waals surface area contributed by atoms with Crippen LogP contribution in [-0.4, -0.2) is 33.7 Å². The van der Waals surface area contributed by atoms with Crippen molar-refractivity contribution in [1.82, 2.24) is 0 Å². The van der Waals surface area contributed by atoms with Crippen molar-refractivity contribution in [1.29, 1.82) is 0 Å². The van der Waals surface area contributed by atoms with Crippen LogP contribution in [0.4, 0.5) is 4.39 Å². The van der Waals surface area contributed by atoms with Crippen molar-refractivity contribution in [2.24, 2.45) is 0 Å². The molecule has 26 heavy (non-hydrogen) atoms. The highest BCUT2D eigenvalue weighted by atomic mass is 28.4. The Bertz CT molecular complexity index is 667. The lowest BCUT2D eigenvalue weighted by molar-refractivity contribution is 0.00578. The Morgan fingerprint density at radius 3 is 1.96 bits per heavy atom. The second-order valence-electron chi connectivity index (χ2n) is 9.48. The molecule has 4 nitrogen and oxygen atoms in total. The second-order valence-corrected chi connectivity index (χ2v) is 14.2. The van der Waals surface area contributed by atoms with Crippen LogP contribution in [0.3, 0.4) is 0 Å². The smallest absolute Gasteiger partial charge is 0.495 e. The van der Waals surface area contributed by atoms with Gasteiger partial charge >= 0.3 is 7.12 Å². The average Bonchev–Trinajstić information content (AvgIpc) is 2.65. The molecular formula is C19H32BFO4Si. The highest BCUT2D eigenvalue weighted by molar-refractivity contribution is 6.74. The minimum Gasteiger partial charge on any atom is -0.541 e. The van der Waals surface area contributed by atoms with E-state index in [0.717, 1.165) is 0 Å². The van der Waals surface area contributed by atoms with Gasteiger partial charge in [-0.25, -0.2) is 4.39 Å². The molecule has 0 saturated carbocycles. The third-order valence-electron chi connectivity index (χ3n) is 5.93. The van der Waals surface area contributed by atoms with Gasteiger partial charge in [-0.05, 0) is 63.4 Å². The fourth-order valence-electron chi connectivity index (χ4n) is 2.41. The molecule has 1 aliphatic heterocycles. The molecule has 146 valence electrons. The molecule has 0 atom stereocenters. The van der Waals surface area contributed by atoms with Crippen LogP contribution in [0.1, 0.15) is 48.5 Å². The number of benzene rings is 1. The summed E-state index contributed by atoms with van der Waals surface area (Å²) in [6.45, 7) is 18.5. The van der Waals surface area contributed by atoms with Crippen LogP contribution in [0.15, 0.2) is 12.1 Å². The lowest BCUT2D eigenvalue weighted by atomic mass is 9.79. The van der Waals surface area contributed by atoms with Gasteiger partial charge in [-0.3, -0.25) is 0 Å². The lowest BCUT2D eigenvalue weighted by Gasteiger charge is -2.37. The molecule has 7 heteroatoms. The highest BCUT2D eigenvalue weighted by Crippen LogP contribution is 2.41. The predicted molar refractivity (Wildman–Crippen MR) is 106 cm³/mol. The van der Waals surface area contributed by atoms with Gasteiger partial charge in [-0.15, -0.1) is 0 Å². The Balaban J connectivity index is 2.45. The van der Waals surface area contributed by atoms with Crippen molar-refractivity contribution >= 4 is 20.9 Å². The predicted octanol–water partition coefficient (Wildman–Crippen LogP) is 4.52. The van der Waals surface area contributed by atoms with Crippen LogP contribution >= 0.6 is 0 Å². The number of rotatable bonds is 4. The fourth-order valence-corrected chi connectivity index (χ4v) is 3.41. The number of methoxy groups -OCH3 is 1. The molecule has 0 aromatic heterocycles. The maximum absolute atomic E-state index is 14.7. The van der Waals surface area contributed by atoms with Crippen molar-refractivity contribution in [2.75, 3.05) is 7.11 Å². The fraction of sp³-hybridized carbons (Fsp3) is 0.684. The molecule has 0 N–H and O–H groups in total. The maximum Gasteiger partial charge on any atom is 0.495 e. The number of hydrogen-bond donors (Lipinski definition) is 0. The van der Waals surface area contributed by atoms with E-state index in [1.54, 1.807) is 6.07 Å². The zero-order valence-electron chi connectivity index (χ0n) is 17.7. The summed E-state index contributed by atoms with van der Waals surface area (Å²) in [7, 11) is -1.36. The van der Waals surface area contributed by atoms with E-state index >= 15 is 0 Å². The van der Waals surface area contributed by atoms with Crippen LogP contribution in [0.5, 0.6) is 11.5 Å². The van der Waals surface area contributed by atoms with E-state index in [4.69, 9.17) is 18.5 Å². The lowest BCUT2D eigenvalue weighted by Crippen LogP contribution is -2.44. The third-order valence-corrected chi connectivity index (χ3v) is 10.3. The van der Waals surface area contributed by atoms with Gasteiger partial charge in [0, 0.05) is 0 Å². The van der Waals surface area contributed by atoms with E-state index in [1.807, 2.05) is 27.7 Å². The van der Waals surface area contributed by atoms with E-state index in [2.05, 4.69) is 33.9 Å². The van der Waals surface area contributed by atoms with Crippen molar-refractivity contribution in [3.05, 3.63) is 17.9 Å². The van der Waals surface area contributed by atoms with Gasteiger partial charge in [0.25, 0.3) is 8.32 Å². The Labute approximate surface area is 158 Å². The summed E-state index contributed by atoms with van der Waals surface area (Å²) in [4.78, 5) is 0. The van der Waals surface area contributed by atoms with Crippen molar-refractivity contribution < 1.29 is 22.9 Å². The normalized spacial score (nSPS) is 19.6. The molecule has 0 amide bonds. The zero-order chi connectivity index (χ0) is 20.1.